The Bertz CT molecular complexity index is 737. The normalized spacial score (nSPS) is 17.0. The maximum Gasteiger partial charge on any atom is 0.101 e. The number of benzene rings is 1. The van der Waals surface area contributed by atoms with Crippen LogP contribution in [-0.4, -0.2) is 0 Å². The minimum absolute atomic E-state index is 0.428. The molecule has 0 radical (unpaired) electrons. The van der Waals surface area contributed by atoms with E-state index in [-0.39, 0.29) is 0 Å². The first kappa shape index (κ1) is 13.8. The molecule has 0 N–H and O–H groups in total. The van der Waals surface area contributed by atoms with Crippen LogP contribution in [0.3, 0.4) is 0 Å². The van der Waals surface area contributed by atoms with Crippen LogP contribution in [0, 0.1) is 22.7 Å². The zero-order valence-electron chi connectivity index (χ0n) is 9.99. The van der Waals surface area contributed by atoms with Gasteiger partial charge in [-0.25, -0.2) is 0 Å². The van der Waals surface area contributed by atoms with Crippen molar-refractivity contribution in [3.05, 3.63) is 59.6 Å². The van der Waals surface area contributed by atoms with Crippen LogP contribution in [0.1, 0.15) is 16.7 Å². The van der Waals surface area contributed by atoms with Gasteiger partial charge in [-0.05, 0) is 33.9 Å². The second-order valence-electron chi connectivity index (χ2n) is 3.77. The molecule has 3 rings (SSSR count). The Hall–Kier alpha value is -1.18. The number of thioether (sulfide) groups is 4. The van der Waals surface area contributed by atoms with E-state index in [0.29, 0.717) is 11.1 Å². The predicted octanol–water partition coefficient (Wildman–Crippen LogP) is 5.29. The van der Waals surface area contributed by atoms with Crippen molar-refractivity contribution in [1.82, 2.24) is 0 Å². The summed E-state index contributed by atoms with van der Waals surface area (Å²) >= 11 is 6.92. The highest BCUT2D eigenvalue weighted by Crippen LogP contribution is 2.55. The van der Waals surface area contributed by atoms with Crippen LogP contribution in [0.5, 0.6) is 0 Å². The Balaban J connectivity index is 1.87. The van der Waals surface area contributed by atoms with Crippen molar-refractivity contribution in [2.45, 2.75) is 0 Å². The molecule has 1 aromatic rings. The van der Waals surface area contributed by atoms with Gasteiger partial charge in [-0.15, -0.1) is 0 Å². The molecule has 0 amide bonds. The highest BCUT2D eigenvalue weighted by atomic mass is 32.2. The first-order valence-electron chi connectivity index (χ1n) is 5.53. The van der Waals surface area contributed by atoms with E-state index in [9.17, 15) is 0 Å². The van der Waals surface area contributed by atoms with Gasteiger partial charge in [0.2, 0.25) is 0 Å². The smallest absolute Gasteiger partial charge is 0.101 e. The molecule has 20 heavy (non-hydrogen) atoms. The van der Waals surface area contributed by atoms with Crippen LogP contribution in [0.15, 0.2) is 42.9 Å². The molecule has 0 saturated carbocycles. The van der Waals surface area contributed by atoms with Gasteiger partial charge in [0.15, 0.2) is 0 Å². The summed E-state index contributed by atoms with van der Waals surface area (Å²) in [6, 6.07) is 9.53. The summed E-state index contributed by atoms with van der Waals surface area (Å²) in [4.78, 5) is 1.13. The molecule has 0 spiro atoms. The third kappa shape index (κ3) is 2.65. The summed E-state index contributed by atoms with van der Waals surface area (Å²) in [7, 11) is 0. The number of hydrogen-bond acceptors (Lipinski definition) is 6. The maximum absolute atomic E-state index is 9.08. The first-order valence-corrected chi connectivity index (χ1v) is 8.99. The summed E-state index contributed by atoms with van der Waals surface area (Å²) in [5.74, 6) is 0. The van der Waals surface area contributed by atoms with Gasteiger partial charge >= 0.3 is 0 Å². The highest BCUT2D eigenvalue weighted by Gasteiger charge is 2.20. The Morgan fingerprint density at radius 3 is 2.30 bits per heavy atom. The molecule has 2 aliphatic heterocycles. The number of hydrogen-bond donors (Lipinski definition) is 0. The minimum atomic E-state index is 0.428. The minimum Gasteiger partial charge on any atom is -0.192 e. The molecule has 0 atom stereocenters. The Kier molecular flexibility index (Phi) is 4.18. The summed E-state index contributed by atoms with van der Waals surface area (Å²) in [5, 5.41) is 24.3. The fraction of sp³-hybridized carbons (Fsp3) is 0. The van der Waals surface area contributed by atoms with Crippen molar-refractivity contribution in [2.24, 2.45) is 0 Å². The topological polar surface area (TPSA) is 47.6 Å². The Morgan fingerprint density at radius 2 is 1.60 bits per heavy atom. The van der Waals surface area contributed by atoms with Gasteiger partial charge in [-0.2, -0.15) is 10.5 Å². The average Bonchev–Trinajstić information content (AvgIpc) is 3.16. The van der Waals surface area contributed by atoms with E-state index in [1.165, 1.54) is 8.47 Å². The second-order valence-corrected chi connectivity index (χ2v) is 8.05. The SMILES string of the molecule is N#Cc1ccc(C2=CSC(=C3SC=CS3)S2)cc1C#N. The van der Waals surface area contributed by atoms with Gasteiger partial charge in [-0.1, -0.05) is 53.1 Å². The Labute approximate surface area is 134 Å². The molecule has 0 fully saturated rings. The molecular formula is C14H6N2S4. The van der Waals surface area contributed by atoms with Crippen molar-refractivity contribution in [3.63, 3.8) is 0 Å². The molecule has 6 heteroatoms. The van der Waals surface area contributed by atoms with Gasteiger partial charge in [-0.3, -0.25) is 0 Å². The van der Waals surface area contributed by atoms with Crippen LogP contribution >= 0.6 is 47.0 Å². The highest BCUT2D eigenvalue weighted by molar-refractivity contribution is 8.35. The van der Waals surface area contributed by atoms with E-state index in [1.807, 2.05) is 12.1 Å². The molecule has 0 aliphatic carbocycles. The molecule has 0 aromatic heterocycles. The van der Waals surface area contributed by atoms with Crippen LogP contribution in [-0.2, 0) is 0 Å². The van der Waals surface area contributed by atoms with Crippen molar-refractivity contribution in [3.8, 4) is 12.1 Å². The lowest BCUT2D eigenvalue weighted by atomic mass is 10.1. The van der Waals surface area contributed by atoms with E-state index in [1.54, 1.807) is 59.2 Å². The molecule has 0 bridgehead atoms. The number of rotatable bonds is 1. The molecule has 0 saturated heterocycles. The van der Waals surface area contributed by atoms with Gasteiger partial charge in [0.05, 0.1) is 19.6 Å². The van der Waals surface area contributed by atoms with E-state index in [2.05, 4.69) is 22.3 Å². The third-order valence-electron chi connectivity index (χ3n) is 2.59. The number of nitrogens with zero attached hydrogens (tertiary/aromatic N) is 2. The second kappa shape index (κ2) is 6.07. The standard InChI is InChI=1S/C14H6N2S4/c15-6-10-2-1-9(5-11(10)7-16)12-8-19-14(20-12)13-17-3-4-18-13/h1-5,8H. The zero-order chi connectivity index (χ0) is 13.9. The van der Waals surface area contributed by atoms with Crippen molar-refractivity contribution < 1.29 is 0 Å². The molecule has 2 nitrogen and oxygen atoms in total. The molecule has 0 unspecified atom stereocenters. The Morgan fingerprint density at radius 1 is 0.850 bits per heavy atom. The van der Waals surface area contributed by atoms with Crippen molar-refractivity contribution in [2.75, 3.05) is 0 Å². The summed E-state index contributed by atoms with van der Waals surface area (Å²) in [6.07, 6.45) is 0. The summed E-state index contributed by atoms with van der Waals surface area (Å²) in [6.45, 7) is 0. The molecule has 1 aromatic carbocycles. The van der Waals surface area contributed by atoms with Crippen LogP contribution in [0.25, 0.3) is 4.91 Å². The van der Waals surface area contributed by atoms with Crippen molar-refractivity contribution in [1.29, 1.82) is 10.5 Å². The largest absolute Gasteiger partial charge is 0.192 e. The van der Waals surface area contributed by atoms with E-state index in [4.69, 9.17) is 10.5 Å². The van der Waals surface area contributed by atoms with Crippen LogP contribution in [0.4, 0.5) is 0 Å². The van der Waals surface area contributed by atoms with E-state index < -0.39 is 0 Å². The van der Waals surface area contributed by atoms with E-state index >= 15 is 0 Å². The third-order valence-corrected chi connectivity index (χ3v) is 7.66. The van der Waals surface area contributed by atoms with Gasteiger partial charge < -0.3 is 0 Å². The average molecular weight is 330 g/mol. The lowest BCUT2D eigenvalue weighted by Gasteiger charge is -2.04. The van der Waals surface area contributed by atoms with Crippen LogP contribution in [0.2, 0.25) is 0 Å². The monoisotopic (exact) mass is 330 g/mol. The molecule has 2 heterocycles. The van der Waals surface area contributed by atoms with Gasteiger partial charge in [0, 0.05) is 4.91 Å². The van der Waals surface area contributed by atoms with Gasteiger partial charge in [0.1, 0.15) is 12.1 Å². The zero-order valence-corrected chi connectivity index (χ0v) is 13.3. The van der Waals surface area contributed by atoms with E-state index in [0.717, 1.165) is 10.5 Å². The fourth-order valence-electron chi connectivity index (χ4n) is 1.66. The molecular weight excluding hydrogens is 324 g/mol. The summed E-state index contributed by atoms with van der Waals surface area (Å²) in [5.41, 5.74) is 1.86. The maximum atomic E-state index is 9.08. The fourth-order valence-corrected chi connectivity index (χ4v) is 6.14. The molecule has 96 valence electrons. The number of nitriles is 2. The molecule has 2 aliphatic rings. The van der Waals surface area contributed by atoms with Gasteiger partial charge in [0.25, 0.3) is 0 Å². The summed E-state index contributed by atoms with van der Waals surface area (Å²) < 4.78 is 2.59. The lowest BCUT2D eigenvalue weighted by Crippen LogP contribution is -1.86. The first-order chi connectivity index (χ1) is 9.81. The lowest BCUT2D eigenvalue weighted by molar-refractivity contribution is 1.42. The van der Waals surface area contributed by atoms with Crippen LogP contribution < -0.4 is 0 Å². The van der Waals surface area contributed by atoms with Crippen molar-refractivity contribution >= 4 is 52.0 Å². The predicted molar refractivity (Wildman–Crippen MR) is 90.4 cm³/mol. The quantitative estimate of drug-likeness (QED) is 0.697.